The average Bonchev–Trinajstić information content (AvgIpc) is 3.05. The number of benzene rings is 1. The van der Waals surface area contributed by atoms with Gasteiger partial charge in [0.2, 0.25) is 0 Å². The van der Waals surface area contributed by atoms with E-state index in [-0.39, 0.29) is 12.6 Å². The van der Waals surface area contributed by atoms with Crippen molar-refractivity contribution in [2.45, 2.75) is 13.5 Å². The first kappa shape index (κ1) is 17.5. The van der Waals surface area contributed by atoms with E-state index >= 15 is 0 Å². The van der Waals surface area contributed by atoms with Crippen LogP contribution >= 0.6 is 0 Å². The SMILES string of the molecule is CC(=O)OCc1ccc(-n2c(-c3cccnc3N)nc3ccc(N)nc32)cc1. The molecule has 0 aliphatic carbocycles. The summed E-state index contributed by atoms with van der Waals surface area (Å²) in [5.41, 5.74) is 15.7. The molecule has 0 unspecified atom stereocenters. The number of rotatable bonds is 4. The molecule has 0 radical (unpaired) electrons. The lowest BCUT2D eigenvalue weighted by atomic mass is 10.2. The largest absolute Gasteiger partial charge is 0.461 e. The van der Waals surface area contributed by atoms with Gasteiger partial charge in [-0.1, -0.05) is 12.1 Å². The summed E-state index contributed by atoms with van der Waals surface area (Å²) < 4.78 is 6.93. The molecule has 0 atom stereocenters. The van der Waals surface area contributed by atoms with Crippen LogP contribution in [0, 0.1) is 0 Å². The minimum atomic E-state index is -0.321. The third kappa shape index (κ3) is 3.23. The molecule has 8 heteroatoms. The molecular weight excluding hydrogens is 356 g/mol. The summed E-state index contributed by atoms with van der Waals surface area (Å²) in [6.07, 6.45) is 1.63. The molecule has 0 aliphatic rings. The van der Waals surface area contributed by atoms with Crippen LogP contribution in [0.25, 0.3) is 28.2 Å². The molecule has 4 rings (SSSR count). The van der Waals surface area contributed by atoms with Crippen LogP contribution in [0.3, 0.4) is 0 Å². The van der Waals surface area contributed by atoms with Crippen molar-refractivity contribution in [1.82, 2.24) is 19.5 Å². The van der Waals surface area contributed by atoms with Gasteiger partial charge in [-0.25, -0.2) is 15.0 Å². The molecule has 3 aromatic heterocycles. The second-order valence-corrected chi connectivity index (χ2v) is 6.23. The third-order valence-corrected chi connectivity index (χ3v) is 4.24. The molecule has 0 amide bonds. The second-order valence-electron chi connectivity index (χ2n) is 6.23. The van der Waals surface area contributed by atoms with E-state index in [4.69, 9.17) is 21.2 Å². The van der Waals surface area contributed by atoms with E-state index < -0.39 is 0 Å². The van der Waals surface area contributed by atoms with E-state index in [0.29, 0.717) is 34.2 Å². The van der Waals surface area contributed by atoms with Gasteiger partial charge < -0.3 is 16.2 Å². The molecule has 0 spiro atoms. The van der Waals surface area contributed by atoms with E-state index in [2.05, 4.69) is 9.97 Å². The van der Waals surface area contributed by atoms with E-state index in [1.807, 2.05) is 41.0 Å². The van der Waals surface area contributed by atoms with E-state index in [0.717, 1.165) is 11.3 Å². The van der Waals surface area contributed by atoms with Crippen LogP contribution in [0.5, 0.6) is 0 Å². The van der Waals surface area contributed by atoms with Gasteiger partial charge >= 0.3 is 5.97 Å². The number of carbonyl (C=O) groups is 1. The first-order valence-electron chi connectivity index (χ1n) is 8.61. The zero-order chi connectivity index (χ0) is 19.7. The zero-order valence-electron chi connectivity index (χ0n) is 15.2. The molecule has 0 saturated heterocycles. The predicted molar refractivity (Wildman–Crippen MR) is 106 cm³/mol. The van der Waals surface area contributed by atoms with Crippen LogP contribution < -0.4 is 11.5 Å². The van der Waals surface area contributed by atoms with Gasteiger partial charge in [0.1, 0.15) is 23.8 Å². The number of aromatic nitrogens is 4. The highest BCUT2D eigenvalue weighted by Gasteiger charge is 2.18. The Labute approximate surface area is 160 Å². The Balaban J connectivity index is 1.87. The van der Waals surface area contributed by atoms with E-state index in [1.165, 1.54) is 6.92 Å². The lowest BCUT2D eigenvalue weighted by Crippen LogP contribution is -2.03. The number of hydrogen-bond acceptors (Lipinski definition) is 7. The molecule has 1 aromatic carbocycles. The summed E-state index contributed by atoms with van der Waals surface area (Å²) >= 11 is 0. The van der Waals surface area contributed by atoms with Crippen molar-refractivity contribution in [3.8, 4) is 17.1 Å². The van der Waals surface area contributed by atoms with Crippen molar-refractivity contribution >= 4 is 28.8 Å². The van der Waals surface area contributed by atoms with Crippen molar-refractivity contribution in [3.63, 3.8) is 0 Å². The average molecular weight is 374 g/mol. The highest BCUT2D eigenvalue weighted by molar-refractivity contribution is 5.83. The van der Waals surface area contributed by atoms with Crippen molar-refractivity contribution in [2.75, 3.05) is 11.5 Å². The van der Waals surface area contributed by atoms with E-state index in [1.54, 1.807) is 18.3 Å². The fraction of sp³-hybridized carbons (Fsp3) is 0.100. The molecule has 0 fully saturated rings. The van der Waals surface area contributed by atoms with Gasteiger partial charge in [0.25, 0.3) is 0 Å². The maximum atomic E-state index is 11.0. The fourth-order valence-corrected chi connectivity index (χ4v) is 2.93. The van der Waals surface area contributed by atoms with Gasteiger partial charge in [0, 0.05) is 18.8 Å². The van der Waals surface area contributed by atoms with Crippen LogP contribution in [-0.2, 0) is 16.1 Å². The molecule has 3 heterocycles. The molecule has 4 aromatic rings. The Hall–Kier alpha value is -3.94. The van der Waals surface area contributed by atoms with Crippen LogP contribution in [0.1, 0.15) is 12.5 Å². The molecule has 0 bridgehead atoms. The van der Waals surface area contributed by atoms with Gasteiger partial charge in [-0.3, -0.25) is 9.36 Å². The number of nitrogens with two attached hydrogens (primary N) is 2. The fourth-order valence-electron chi connectivity index (χ4n) is 2.93. The lowest BCUT2D eigenvalue weighted by molar-refractivity contribution is -0.142. The van der Waals surface area contributed by atoms with Gasteiger partial charge in [-0.05, 0) is 42.0 Å². The number of ether oxygens (including phenoxy) is 1. The Bertz CT molecular complexity index is 1170. The Kier molecular flexibility index (Phi) is 4.36. The maximum Gasteiger partial charge on any atom is 0.302 e. The Morgan fingerprint density at radius 2 is 1.86 bits per heavy atom. The van der Waals surface area contributed by atoms with Gasteiger partial charge in [-0.2, -0.15) is 0 Å². The summed E-state index contributed by atoms with van der Waals surface area (Å²) in [5, 5.41) is 0. The second kappa shape index (κ2) is 6.99. The molecule has 4 N–H and O–H groups in total. The molecule has 28 heavy (non-hydrogen) atoms. The quantitative estimate of drug-likeness (QED) is 0.527. The van der Waals surface area contributed by atoms with Crippen molar-refractivity contribution in [3.05, 3.63) is 60.3 Å². The molecule has 8 nitrogen and oxygen atoms in total. The number of pyridine rings is 2. The van der Waals surface area contributed by atoms with Gasteiger partial charge in [0.15, 0.2) is 11.5 Å². The minimum Gasteiger partial charge on any atom is -0.461 e. The zero-order valence-corrected chi connectivity index (χ0v) is 15.2. The van der Waals surface area contributed by atoms with Crippen LogP contribution in [0.4, 0.5) is 11.6 Å². The number of anilines is 2. The number of imidazole rings is 1. The molecule has 0 aliphatic heterocycles. The Morgan fingerprint density at radius 1 is 1.07 bits per heavy atom. The number of nitrogen functional groups attached to an aromatic ring is 2. The van der Waals surface area contributed by atoms with Crippen LogP contribution in [0.15, 0.2) is 54.7 Å². The first-order valence-corrected chi connectivity index (χ1v) is 8.61. The maximum absolute atomic E-state index is 11.0. The summed E-state index contributed by atoms with van der Waals surface area (Å²) in [6, 6.07) is 14.8. The summed E-state index contributed by atoms with van der Waals surface area (Å²) in [7, 11) is 0. The smallest absolute Gasteiger partial charge is 0.302 e. The van der Waals surface area contributed by atoms with Gasteiger partial charge in [0.05, 0.1) is 5.56 Å². The Morgan fingerprint density at radius 3 is 2.57 bits per heavy atom. The number of carbonyl (C=O) groups excluding carboxylic acids is 1. The topological polar surface area (TPSA) is 122 Å². The third-order valence-electron chi connectivity index (χ3n) is 4.24. The monoisotopic (exact) mass is 374 g/mol. The summed E-state index contributed by atoms with van der Waals surface area (Å²) in [4.78, 5) is 24.3. The highest BCUT2D eigenvalue weighted by Crippen LogP contribution is 2.30. The van der Waals surface area contributed by atoms with E-state index in [9.17, 15) is 4.79 Å². The molecule has 140 valence electrons. The number of esters is 1. The normalized spacial score (nSPS) is 10.9. The molecule has 0 saturated carbocycles. The number of fused-ring (bicyclic) bond motifs is 1. The summed E-state index contributed by atoms with van der Waals surface area (Å²) in [5.74, 6) is 1.06. The predicted octanol–water partition coefficient (Wildman–Crippen LogP) is 2.71. The first-order chi connectivity index (χ1) is 13.5. The standard InChI is InChI=1S/C20H18N6O2/c1-12(27)28-11-13-4-6-14(7-5-13)26-19(15-3-2-10-23-18(15)22)24-16-8-9-17(21)25-20(16)26/h2-10H,11H2,1H3,(H2,21,25)(H2,22,23). The lowest BCUT2D eigenvalue weighted by Gasteiger charge is -2.11. The van der Waals surface area contributed by atoms with Crippen molar-refractivity contribution < 1.29 is 9.53 Å². The summed E-state index contributed by atoms with van der Waals surface area (Å²) in [6.45, 7) is 1.60. The number of nitrogens with zero attached hydrogens (tertiary/aromatic N) is 4. The molecular formula is C20H18N6O2. The number of hydrogen-bond donors (Lipinski definition) is 2. The van der Waals surface area contributed by atoms with Crippen molar-refractivity contribution in [1.29, 1.82) is 0 Å². The van der Waals surface area contributed by atoms with Crippen LogP contribution in [-0.4, -0.2) is 25.5 Å². The van der Waals surface area contributed by atoms with Gasteiger partial charge in [-0.15, -0.1) is 0 Å². The highest BCUT2D eigenvalue weighted by atomic mass is 16.5. The van der Waals surface area contributed by atoms with Crippen LogP contribution in [0.2, 0.25) is 0 Å². The minimum absolute atomic E-state index is 0.216. The van der Waals surface area contributed by atoms with Crippen molar-refractivity contribution in [2.24, 2.45) is 0 Å².